The molecule has 3 aromatic rings. The third kappa shape index (κ3) is 8.94. The van der Waals surface area contributed by atoms with Crippen molar-refractivity contribution in [3.8, 4) is 16.9 Å². The van der Waals surface area contributed by atoms with E-state index in [0.29, 0.717) is 11.5 Å². The summed E-state index contributed by atoms with van der Waals surface area (Å²) >= 11 is 0. The average Bonchev–Trinajstić information content (AvgIpc) is 3.52. The molecule has 3 N–H and O–H groups in total. The summed E-state index contributed by atoms with van der Waals surface area (Å²) in [7, 11) is 0. The molecule has 0 bridgehead atoms. The molecule has 0 aliphatic carbocycles. The molecule has 48 heavy (non-hydrogen) atoms. The number of anilines is 1. The van der Waals surface area contributed by atoms with Crippen molar-refractivity contribution in [2.45, 2.75) is 45.4 Å². The normalized spacial score (nSPS) is 13.0. The van der Waals surface area contributed by atoms with Gasteiger partial charge >= 0.3 is 18.2 Å². The summed E-state index contributed by atoms with van der Waals surface area (Å²) in [5.74, 6) is -4.10. The highest BCUT2D eigenvalue weighted by atomic mass is 19.1. The van der Waals surface area contributed by atoms with Gasteiger partial charge in [0.1, 0.15) is 30.4 Å². The number of hydrogen-bond donors (Lipinski definition) is 3. The maximum Gasteiger partial charge on any atom is 0.413 e. The predicted molar refractivity (Wildman–Crippen MR) is 167 cm³/mol. The van der Waals surface area contributed by atoms with Gasteiger partial charge in [-0.05, 0) is 51.5 Å². The second-order valence-corrected chi connectivity index (χ2v) is 11.3. The Morgan fingerprint density at radius 3 is 2.33 bits per heavy atom. The van der Waals surface area contributed by atoms with E-state index in [1.54, 1.807) is 32.9 Å². The first kappa shape index (κ1) is 35.1. The van der Waals surface area contributed by atoms with Crippen molar-refractivity contribution in [3.05, 3.63) is 78.3 Å². The van der Waals surface area contributed by atoms with Gasteiger partial charge in [0.15, 0.2) is 5.82 Å². The minimum Gasteiger partial charge on any atom is -0.490 e. The third-order valence-corrected chi connectivity index (χ3v) is 6.44. The van der Waals surface area contributed by atoms with E-state index in [9.17, 15) is 29.1 Å². The van der Waals surface area contributed by atoms with Crippen LogP contribution in [0.5, 0.6) is 5.75 Å². The van der Waals surface area contributed by atoms with Gasteiger partial charge in [-0.2, -0.15) is 5.10 Å². The van der Waals surface area contributed by atoms with Crippen LogP contribution in [0.3, 0.4) is 0 Å². The molecule has 1 aromatic heterocycles. The zero-order valence-corrected chi connectivity index (χ0v) is 26.4. The number of rotatable bonds is 14. The fourth-order valence-electron chi connectivity index (χ4n) is 4.35. The molecular formula is C32H34FN5O10. The van der Waals surface area contributed by atoms with Gasteiger partial charge in [-0.3, -0.25) is 19.6 Å². The highest BCUT2D eigenvalue weighted by molar-refractivity contribution is 6.20. The molecule has 1 aliphatic heterocycles. The lowest BCUT2D eigenvalue weighted by Gasteiger charge is -2.19. The molecule has 16 heteroatoms. The van der Waals surface area contributed by atoms with Crippen LogP contribution in [0.4, 0.5) is 19.8 Å². The minimum absolute atomic E-state index is 0.0107. The van der Waals surface area contributed by atoms with Crippen LogP contribution in [-0.4, -0.2) is 81.4 Å². The highest BCUT2D eigenvalue weighted by Gasteiger charge is 2.39. The molecule has 254 valence electrons. The van der Waals surface area contributed by atoms with E-state index < -0.39 is 54.1 Å². The molecule has 0 spiro atoms. The number of hydroxylamine groups is 2. The molecule has 0 fully saturated rings. The van der Waals surface area contributed by atoms with Crippen LogP contribution in [0.2, 0.25) is 0 Å². The second kappa shape index (κ2) is 15.2. The fourth-order valence-corrected chi connectivity index (χ4v) is 4.35. The number of hydrogen-bond acceptors (Lipinski definition) is 10. The Kier molecular flexibility index (Phi) is 11.1. The molecule has 4 amide bonds. The third-order valence-electron chi connectivity index (χ3n) is 6.44. The van der Waals surface area contributed by atoms with Crippen molar-refractivity contribution in [2.24, 2.45) is 0 Å². The summed E-state index contributed by atoms with van der Waals surface area (Å²) < 4.78 is 32.6. The molecule has 1 unspecified atom stereocenters. The number of ether oxygens (including phenoxy) is 3. The number of carbonyl (C=O) groups is 5. The number of alkyl carbamates (subject to hydrolysis) is 1. The van der Waals surface area contributed by atoms with Gasteiger partial charge in [0.2, 0.25) is 6.10 Å². The molecule has 15 nitrogen and oxygen atoms in total. The number of nitrogens with one attached hydrogen (secondary N) is 2. The Bertz CT molecular complexity index is 1680. The summed E-state index contributed by atoms with van der Waals surface area (Å²) in [5, 5.41) is 19.4. The van der Waals surface area contributed by atoms with E-state index in [1.165, 1.54) is 41.2 Å². The van der Waals surface area contributed by atoms with Crippen LogP contribution in [0.15, 0.2) is 61.3 Å². The van der Waals surface area contributed by atoms with Gasteiger partial charge in [0.05, 0.1) is 11.1 Å². The van der Waals surface area contributed by atoms with Gasteiger partial charge < -0.3 is 24.6 Å². The summed E-state index contributed by atoms with van der Waals surface area (Å²) in [6.07, 6.45) is 0.0522. The summed E-state index contributed by atoms with van der Waals surface area (Å²) in [5.41, 5.74) is -0.328. The number of nitrogens with zero attached hydrogens (tertiary/aromatic N) is 3. The lowest BCUT2D eigenvalue weighted by atomic mass is 10.1. The van der Waals surface area contributed by atoms with Crippen LogP contribution in [0, 0.1) is 5.82 Å². The lowest BCUT2D eigenvalue weighted by Crippen LogP contribution is -2.41. The number of imide groups is 1. The van der Waals surface area contributed by atoms with Gasteiger partial charge in [0.25, 0.3) is 11.8 Å². The Hall–Kier alpha value is -5.77. The Balaban J connectivity index is 1.45. The number of carbonyl (C=O) groups excluding carboxylic acids is 4. The van der Waals surface area contributed by atoms with E-state index in [0.717, 1.165) is 6.07 Å². The van der Waals surface area contributed by atoms with Crippen LogP contribution in [-0.2, 0) is 25.7 Å². The van der Waals surface area contributed by atoms with Gasteiger partial charge in [0, 0.05) is 36.5 Å². The second-order valence-electron chi connectivity index (χ2n) is 11.3. The van der Waals surface area contributed by atoms with Crippen molar-refractivity contribution < 1.29 is 52.5 Å². The average molecular weight is 668 g/mol. The molecule has 0 radical (unpaired) electrons. The molecule has 0 saturated heterocycles. The van der Waals surface area contributed by atoms with Crippen LogP contribution in [0.1, 0.15) is 47.9 Å². The number of aryl methyl sites for hydroxylation is 1. The van der Waals surface area contributed by atoms with E-state index in [2.05, 4.69) is 22.3 Å². The van der Waals surface area contributed by atoms with Crippen LogP contribution in [0.25, 0.3) is 11.1 Å². The van der Waals surface area contributed by atoms with E-state index in [4.69, 9.17) is 19.0 Å². The fraction of sp³-hybridized carbons (Fsp3) is 0.312. The highest BCUT2D eigenvalue weighted by Crippen LogP contribution is 2.32. The molecule has 4 rings (SSSR count). The van der Waals surface area contributed by atoms with Crippen LogP contribution < -0.4 is 15.4 Å². The van der Waals surface area contributed by atoms with Crippen LogP contribution >= 0.6 is 0 Å². The molecule has 1 atom stereocenters. The summed E-state index contributed by atoms with van der Waals surface area (Å²) in [6, 6.07) is 9.59. The number of fused-ring (bicyclic) bond motifs is 1. The van der Waals surface area contributed by atoms with E-state index in [1.807, 2.05) is 0 Å². The topological polar surface area (TPSA) is 188 Å². The molecular weight excluding hydrogens is 633 g/mol. The molecule has 2 heterocycles. The Labute approximate surface area is 274 Å². The number of aliphatic carboxylic acids is 1. The number of halogens is 1. The smallest absolute Gasteiger partial charge is 0.413 e. The first-order chi connectivity index (χ1) is 22.8. The van der Waals surface area contributed by atoms with Crippen molar-refractivity contribution in [3.63, 3.8) is 0 Å². The largest absolute Gasteiger partial charge is 0.490 e. The number of carboxylic acids is 1. The first-order valence-corrected chi connectivity index (χ1v) is 14.7. The number of carboxylic acid groups (broad SMARTS) is 1. The zero-order valence-electron chi connectivity index (χ0n) is 26.4. The number of benzene rings is 2. The standard InChI is InChI=1S/C32H34FN5O10/c1-5-15-45-31(44)35-26-23(17-37(36-26)14-8-13-34-30(43)47-32(2,3)4)20-12-11-19(16-24(20)33)46-18-25(29(41)42)48-38-27(39)21-9-6-7-10-22(21)28(38)40/h5-7,9-12,16-17,25H,1,8,13-15,18H2,2-4H3,(H,34,43)(H,41,42)(H,35,36,44). The van der Waals surface area contributed by atoms with E-state index >= 15 is 4.39 Å². The first-order valence-electron chi connectivity index (χ1n) is 14.7. The molecule has 1 aliphatic rings. The minimum atomic E-state index is -1.80. The maximum atomic E-state index is 15.5. The van der Waals surface area contributed by atoms with Crippen molar-refractivity contribution >= 4 is 35.8 Å². The zero-order chi connectivity index (χ0) is 35.0. The summed E-state index contributed by atoms with van der Waals surface area (Å²) in [4.78, 5) is 66.4. The van der Waals surface area contributed by atoms with E-state index in [-0.39, 0.29) is 53.5 Å². The molecule has 0 saturated carbocycles. The SMILES string of the molecule is C=CCOC(=O)Nc1nn(CCCNC(=O)OC(C)(C)C)cc1-c1ccc(OCC(ON2C(=O)c3ccccc3C2=O)C(=O)O)cc1F. The van der Waals surface area contributed by atoms with Crippen molar-refractivity contribution in [1.29, 1.82) is 0 Å². The predicted octanol–water partition coefficient (Wildman–Crippen LogP) is 4.40. The summed E-state index contributed by atoms with van der Waals surface area (Å²) in [6.45, 7) is 8.48. The monoisotopic (exact) mass is 667 g/mol. The number of aromatic nitrogens is 2. The Morgan fingerprint density at radius 2 is 1.73 bits per heavy atom. The maximum absolute atomic E-state index is 15.5. The van der Waals surface area contributed by atoms with Gasteiger partial charge in [-0.1, -0.05) is 24.8 Å². The van der Waals surface area contributed by atoms with Crippen molar-refractivity contribution in [2.75, 3.05) is 25.1 Å². The lowest BCUT2D eigenvalue weighted by molar-refractivity contribution is -0.178. The molecule has 2 aromatic carbocycles. The number of amides is 4. The van der Waals surface area contributed by atoms with Gasteiger partial charge in [-0.25, -0.2) is 23.6 Å². The Morgan fingerprint density at radius 1 is 1.04 bits per heavy atom. The van der Waals surface area contributed by atoms with Crippen molar-refractivity contribution in [1.82, 2.24) is 20.2 Å². The quantitative estimate of drug-likeness (QED) is 0.126. The van der Waals surface area contributed by atoms with Gasteiger partial charge in [-0.15, -0.1) is 5.06 Å².